The first kappa shape index (κ1) is 16.8. The molecule has 0 heterocycles. The van der Waals surface area contributed by atoms with Crippen molar-refractivity contribution < 1.29 is 13.9 Å². The van der Waals surface area contributed by atoms with E-state index in [0.29, 0.717) is 5.56 Å². The summed E-state index contributed by atoms with van der Waals surface area (Å²) in [6.45, 7) is 3.80. The number of carbonyl (C=O) groups is 1. The Morgan fingerprint density at radius 1 is 1.41 bits per heavy atom. The fraction of sp³-hybridized carbons (Fsp3) is 0.375. The molecule has 1 fully saturated rings. The van der Waals surface area contributed by atoms with Crippen LogP contribution in [0.25, 0.3) is 0 Å². The monoisotopic (exact) mass is 341 g/mol. The van der Waals surface area contributed by atoms with Crippen molar-refractivity contribution in [3.63, 3.8) is 0 Å². The van der Waals surface area contributed by atoms with E-state index in [1.807, 2.05) is 19.9 Å². The van der Waals surface area contributed by atoms with Crippen molar-refractivity contribution in [1.29, 1.82) is 5.26 Å². The average Bonchev–Trinajstić information content (AvgIpc) is 2.97. The van der Waals surface area contributed by atoms with E-state index in [9.17, 15) is 9.18 Å². The van der Waals surface area contributed by atoms with Gasteiger partial charge in [0.05, 0.1) is 5.92 Å². The molecule has 1 saturated carbocycles. The SMILES string of the molecule is CC1(C)C(C=C(Cl)Cl)C1C(=O)OC(C#N)c1ccc(F)cc1. The molecule has 6 heteroatoms. The summed E-state index contributed by atoms with van der Waals surface area (Å²) in [5, 5.41) is 9.17. The lowest BCUT2D eigenvalue weighted by Crippen LogP contribution is -2.14. The van der Waals surface area contributed by atoms with Crippen LogP contribution in [0, 0.1) is 34.4 Å². The highest BCUT2D eigenvalue weighted by molar-refractivity contribution is 6.55. The standard InChI is InChI=1S/C16H14Cl2FNO2/c1-16(2)11(7-13(17)18)14(16)15(21)22-12(8-20)9-3-5-10(19)6-4-9/h3-7,11-12,14H,1-2H3. The van der Waals surface area contributed by atoms with Gasteiger partial charge in [0.25, 0.3) is 0 Å². The van der Waals surface area contributed by atoms with Gasteiger partial charge in [0, 0.05) is 5.56 Å². The molecule has 22 heavy (non-hydrogen) atoms. The maximum absolute atomic E-state index is 12.9. The van der Waals surface area contributed by atoms with Gasteiger partial charge in [0.2, 0.25) is 6.10 Å². The van der Waals surface area contributed by atoms with E-state index in [1.165, 1.54) is 24.3 Å². The van der Waals surface area contributed by atoms with Crippen LogP contribution in [0.4, 0.5) is 4.39 Å². The molecule has 1 aliphatic carbocycles. The van der Waals surface area contributed by atoms with Crippen LogP contribution in [0.1, 0.15) is 25.5 Å². The highest BCUT2D eigenvalue weighted by Crippen LogP contribution is 2.60. The average molecular weight is 342 g/mol. The van der Waals surface area contributed by atoms with Gasteiger partial charge < -0.3 is 4.74 Å². The topological polar surface area (TPSA) is 50.1 Å². The Balaban J connectivity index is 2.10. The minimum atomic E-state index is -1.07. The maximum atomic E-state index is 12.9. The van der Waals surface area contributed by atoms with Crippen LogP contribution in [0.2, 0.25) is 0 Å². The molecule has 1 aromatic rings. The molecule has 1 aliphatic rings. The first-order chi connectivity index (χ1) is 10.3. The van der Waals surface area contributed by atoms with Crippen molar-refractivity contribution in [1.82, 2.24) is 0 Å². The van der Waals surface area contributed by atoms with Gasteiger partial charge in [0.1, 0.15) is 16.4 Å². The third-order valence-corrected chi connectivity index (χ3v) is 4.25. The number of benzene rings is 1. The quantitative estimate of drug-likeness (QED) is 0.756. The van der Waals surface area contributed by atoms with E-state index < -0.39 is 23.8 Å². The normalized spacial score (nSPS) is 23.1. The number of hydrogen-bond acceptors (Lipinski definition) is 3. The lowest BCUT2D eigenvalue weighted by Gasteiger charge is -2.12. The Bertz CT molecular complexity index is 645. The third kappa shape index (κ3) is 3.43. The second-order valence-corrected chi connectivity index (χ2v) is 6.79. The molecule has 0 bridgehead atoms. The fourth-order valence-electron chi connectivity index (χ4n) is 2.57. The molecule has 0 saturated heterocycles. The number of esters is 1. The molecular formula is C16H14Cl2FNO2. The molecule has 116 valence electrons. The van der Waals surface area contributed by atoms with Crippen LogP contribution in [-0.4, -0.2) is 5.97 Å². The van der Waals surface area contributed by atoms with Crippen LogP contribution in [0.15, 0.2) is 34.8 Å². The van der Waals surface area contributed by atoms with E-state index in [1.54, 1.807) is 6.08 Å². The molecule has 0 spiro atoms. The van der Waals surface area contributed by atoms with E-state index in [-0.39, 0.29) is 15.8 Å². The molecule has 0 aliphatic heterocycles. The molecule has 3 unspecified atom stereocenters. The number of rotatable bonds is 4. The zero-order valence-electron chi connectivity index (χ0n) is 12.0. The van der Waals surface area contributed by atoms with Gasteiger partial charge in [-0.05, 0) is 29.5 Å². The molecule has 1 aromatic carbocycles. The fourth-order valence-corrected chi connectivity index (χ4v) is 2.84. The van der Waals surface area contributed by atoms with Crippen molar-refractivity contribution in [3.8, 4) is 6.07 Å². The van der Waals surface area contributed by atoms with Gasteiger partial charge in [-0.25, -0.2) is 4.39 Å². The van der Waals surface area contributed by atoms with Crippen molar-refractivity contribution in [2.45, 2.75) is 20.0 Å². The zero-order valence-corrected chi connectivity index (χ0v) is 13.5. The summed E-state index contributed by atoms with van der Waals surface area (Å²) >= 11 is 11.3. The number of allylic oxidation sites excluding steroid dienone is 1. The number of carbonyl (C=O) groups excluding carboxylic acids is 1. The molecule has 3 atom stereocenters. The Labute approximate surface area is 138 Å². The van der Waals surface area contributed by atoms with Gasteiger partial charge in [-0.3, -0.25) is 4.79 Å². The first-order valence-corrected chi connectivity index (χ1v) is 7.41. The highest BCUT2D eigenvalue weighted by atomic mass is 35.5. The number of nitriles is 1. The Morgan fingerprint density at radius 2 is 2.00 bits per heavy atom. The summed E-state index contributed by atoms with van der Waals surface area (Å²) in [5.74, 6) is -1.44. The van der Waals surface area contributed by atoms with E-state index >= 15 is 0 Å². The number of hydrogen-bond donors (Lipinski definition) is 0. The minimum absolute atomic E-state index is 0.101. The lowest BCUT2D eigenvalue weighted by molar-refractivity contribution is -0.149. The predicted octanol–water partition coefficient (Wildman–Crippen LogP) is 4.52. The van der Waals surface area contributed by atoms with Gasteiger partial charge in [0.15, 0.2) is 0 Å². The predicted molar refractivity (Wildman–Crippen MR) is 81.4 cm³/mol. The third-order valence-electron chi connectivity index (χ3n) is 3.99. The largest absolute Gasteiger partial charge is 0.442 e. The lowest BCUT2D eigenvalue weighted by atomic mass is 10.1. The smallest absolute Gasteiger partial charge is 0.311 e. The van der Waals surface area contributed by atoms with Gasteiger partial charge in [-0.15, -0.1) is 0 Å². The van der Waals surface area contributed by atoms with Crippen LogP contribution in [0.5, 0.6) is 0 Å². The Morgan fingerprint density at radius 3 is 2.50 bits per heavy atom. The molecule has 0 radical (unpaired) electrons. The molecule has 2 rings (SSSR count). The highest BCUT2D eigenvalue weighted by Gasteiger charge is 2.62. The van der Waals surface area contributed by atoms with Crippen LogP contribution in [0.3, 0.4) is 0 Å². The second-order valence-electron chi connectivity index (χ2n) is 5.78. The molecule has 0 N–H and O–H groups in total. The molecule has 0 amide bonds. The number of halogens is 3. The zero-order chi connectivity index (χ0) is 16.5. The van der Waals surface area contributed by atoms with Crippen molar-refractivity contribution >= 4 is 29.2 Å². The second kappa shape index (κ2) is 6.28. The molecular weight excluding hydrogens is 328 g/mol. The summed E-state index contributed by atoms with van der Waals surface area (Å²) in [5.41, 5.74) is 0.104. The summed E-state index contributed by atoms with van der Waals surface area (Å²) in [7, 11) is 0. The van der Waals surface area contributed by atoms with E-state index in [2.05, 4.69) is 0 Å². The summed E-state index contributed by atoms with van der Waals surface area (Å²) in [6, 6.07) is 7.17. The molecule has 3 nitrogen and oxygen atoms in total. The number of ether oxygens (including phenoxy) is 1. The Kier molecular flexibility index (Phi) is 4.79. The van der Waals surface area contributed by atoms with Gasteiger partial charge >= 0.3 is 5.97 Å². The minimum Gasteiger partial charge on any atom is -0.442 e. The first-order valence-electron chi connectivity index (χ1n) is 6.65. The summed E-state index contributed by atoms with van der Waals surface area (Å²) in [4.78, 5) is 12.3. The van der Waals surface area contributed by atoms with Crippen LogP contribution in [-0.2, 0) is 9.53 Å². The molecule has 0 aromatic heterocycles. The number of nitrogens with zero attached hydrogens (tertiary/aromatic N) is 1. The van der Waals surface area contributed by atoms with Gasteiger partial charge in [-0.2, -0.15) is 5.26 Å². The van der Waals surface area contributed by atoms with Crippen molar-refractivity contribution in [3.05, 3.63) is 46.2 Å². The van der Waals surface area contributed by atoms with Crippen LogP contribution < -0.4 is 0 Å². The van der Waals surface area contributed by atoms with E-state index in [4.69, 9.17) is 33.2 Å². The van der Waals surface area contributed by atoms with Crippen molar-refractivity contribution in [2.24, 2.45) is 17.3 Å². The maximum Gasteiger partial charge on any atom is 0.311 e. The van der Waals surface area contributed by atoms with Crippen molar-refractivity contribution in [2.75, 3.05) is 0 Å². The summed E-state index contributed by atoms with van der Waals surface area (Å²) < 4.78 is 18.3. The van der Waals surface area contributed by atoms with Gasteiger partial charge in [-0.1, -0.05) is 49.2 Å². The van der Waals surface area contributed by atoms with Crippen LogP contribution >= 0.6 is 23.2 Å². The van der Waals surface area contributed by atoms with E-state index in [0.717, 1.165) is 0 Å². The Hall–Kier alpha value is -1.57. The summed E-state index contributed by atoms with van der Waals surface area (Å²) in [6.07, 6.45) is 0.537.